The van der Waals surface area contributed by atoms with Crippen LogP contribution in [0.5, 0.6) is 5.75 Å². The van der Waals surface area contributed by atoms with Gasteiger partial charge in [-0.1, -0.05) is 6.92 Å². The third-order valence-corrected chi connectivity index (χ3v) is 1.60. The molecular formula is C9H14N2O. The summed E-state index contributed by atoms with van der Waals surface area (Å²) in [4.78, 5) is 0. The molecule has 0 bridgehead atoms. The number of phenolic OH excluding ortho intramolecular Hbond substituents is 1. The minimum atomic E-state index is 0.239. The molecule has 0 aromatic heterocycles. The van der Waals surface area contributed by atoms with E-state index < -0.39 is 0 Å². The minimum absolute atomic E-state index is 0.239. The number of benzene rings is 1. The van der Waals surface area contributed by atoms with Crippen LogP contribution in [0.2, 0.25) is 0 Å². The molecule has 0 spiro atoms. The molecule has 1 aromatic carbocycles. The second-order valence-electron chi connectivity index (χ2n) is 2.70. The molecule has 0 amide bonds. The number of phenols is 1. The zero-order chi connectivity index (χ0) is 8.97. The summed E-state index contributed by atoms with van der Waals surface area (Å²) in [5.41, 5.74) is 7.13. The summed E-state index contributed by atoms with van der Waals surface area (Å²) in [7, 11) is 0. The molecule has 0 atom stereocenters. The number of anilines is 2. The van der Waals surface area contributed by atoms with Crippen molar-refractivity contribution in [3.63, 3.8) is 0 Å². The molecule has 66 valence electrons. The van der Waals surface area contributed by atoms with Crippen molar-refractivity contribution in [1.82, 2.24) is 0 Å². The average Bonchev–Trinajstić information content (AvgIpc) is 2.07. The first-order valence-corrected chi connectivity index (χ1v) is 4.06. The molecule has 0 aliphatic rings. The summed E-state index contributed by atoms with van der Waals surface area (Å²) in [6, 6.07) is 4.89. The van der Waals surface area contributed by atoms with E-state index in [2.05, 4.69) is 12.2 Å². The third kappa shape index (κ3) is 2.05. The van der Waals surface area contributed by atoms with Crippen LogP contribution in [0.25, 0.3) is 0 Å². The molecule has 0 aliphatic carbocycles. The number of hydrogen-bond acceptors (Lipinski definition) is 3. The van der Waals surface area contributed by atoms with Crippen LogP contribution in [-0.4, -0.2) is 11.7 Å². The predicted molar refractivity (Wildman–Crippen MR) is 51.3 cm³/mol. The van der Waals surface area contributed by atoms with E-state index in [0.29, 0.717) is 5.69 Å². The Morgan fingerprint density at radius 1 is 1.50 bits per heavy atom. The average molecular weight is 166 g/mol. The van der Waals surface area contributed by atoms with Gasteiger partial charge >= 0.3 is 0 Å². The van der Waals surface area contributed by atoms with E-state index >= 15 is 0 Å². The minimum Gasteiger partial charge on any atom is -0.508 e. The molecule has 0 aliphatic heterocycles. The highest BCUT2D eigenvalue weighted by Crippen LogP contribution is 2.23. The molecule has 0 saturated carbocycles. The van der Waals surface area contributed by atoms with Gasteiger partial charge in [-0.2, -0.15) is 0 Å². The molecule has 0 saturated heterocycles. The lowest BCUT2D eigenvalue weighted by Gasteiger charge is -2.07. The fourth-order valence-electron chi connectivity index (χ4n) is 0.957. The highest BCUT2D eigenvalue weighted by atomic mass is 16.3. The molecule has 3 nitrogen and oxygen atoms in total. The van der Waals surface area contributed by atoms with E-state index in [1.165, 1.54) is 0 Å². The van der Waals surface area contributed by atoms with Crippen LogP contribution in [0, 0.1) is 0 Å². The third-order valence-electron chi connectivity index (χ3n) is 1.60. The van der Waals surface area contributed by atoms with Gasteiger partial charge in [0, 0.05) is 12.6 Å². The first-order chi connectivity index (χ1) is 5.74. The summed E-state index contributed by atoms with van der Waals surface area (Å²) >= 11 is 0. The van der Waals surface area contributed by atoms with Gasteiger partial charge in [-0.3, -0.25) is 0 Å². The monoisotopic (exact) mass is 166 g/mol. The summed E-state index contributed by atoms with van der Waals surface area (Å²) < 4.78 is 0. The lowest BCUT2D eigenvalue weighted by Crippen LogP contribution is -2.02. The maximum atomic E-state index is 9.14. The zero-order valence-corrected chi connectivity index (χ0v) is 7.17. The smallest absolute Gasteiger partial charge is 0.117 e. The Bertz CT molecular complexity index is 261. The predicted octanol–water partition coefficient (Wildman–Crippen LogP) is 1.80. The second kappa shape index (κ2) is 3.85. The SMILES string of the molecule is CCCNc1cc(O)ccc1N. The van der Waals surface area contributed by atoms with Gasteiger partial charge in [0.15, 0.2) is 0 Å². The largest absolute Gasteiger partial charge is 0.508 e. The van der Waals surface area contributed by atoms with E-state index in [1.807, 2.05) is 0 Å². The van der Waals surface area contributed by atoms with Crippen molar-refractivity contribution < 1.29 is 5.11 Å². The Kier molecular flexibility index (Phi) is 2.80. The van der Waals surface area contributed by atoms with Gasteiger partial charge in [-0.25, -0.2) is 0 Å². The molecule has 3 heteroatoms. The molecular weight excluding hydrogens is 152 g/mol. The van der Waals surface area contributed by atoms with Crippen LogP contribution in [-0.2, 0) is 0 Å². The van der Waals surface area contributed by atoms with Gasteiger partial charge in [0.25, 0.3) is 0 Å². The van der Waals surface area contributed by atoms with Gasteiger partial charge in [0.2, 0.25) is 0 Å². The Balaban J connectivity index is 2.75. The fraction of sp³-hybridized carbons (Fsp3) is 0.333. The van der Waals surface area contributed by atoms with Crippen LogP contribution < -0.4 is 11.1 Å². The van der Waals surface area contributed by atoms with Crippen molar-refractivity contribution in [2.75, 3.05) is 17.6 Å². The molecule has 1 rings (SSSR count). The van der Waals surface area contributed by atoms with Crippen LogP contribution >= 0.6 is 0 Å². The molecule has 4 N–H and O–H groups in total. The van der Waals surface area contributed by atoms with Gasteiger partial charge in [0.1, 0.15) is 5.75 Å². The summed E-state index contributed by atoms with van der Waals surface area (Å²) in [5.74, 6) is 0.239. The molecule has 0 radical (unpaired) electrons. The van der Waals surface area contributed by atoms with Crippen molar-refractivity contribution in [3.8, 4) is 5.75 Å². The van der Waals surface area contributed by atoms with E-state index in [-0.39, 0.29) is 5.75 Å². The van der Waals surface area contributed by atoms with Gasteiger partial charge < -0.3 is 16.2 Å². The lowest BCUT2D eigenvalue weighted by molar-refractivity contribution is 0.475. The van der Waals surface area contributed by atoms with E-state index in [0.717, 1.165) is 18.7 Å². The van der Waals surface area contributed by atoms with Gasteiger partial charge in [-0.15, -0.1) is 0 Å². The standard InChI is InChI=1S/C9H14N2O/c1-2-5-11-9-6-7(12)3-4-8(9)10/h3-4,6,11-12H,2,5,10H2,1H3. The highest BCUT2D eigenvalue weighted by Gasteiger charge is 1.97. The number of hydrogen-bond donors (Lipinski definition) is 3. The Hall–Kier alpha value is -1.38. The Morgan fingerprint density at radius 2 is 2.25 bits per heavy atom. The number of nitrogens with two attached hydrogens (primary N) is 1. The first-order valence-electron chi connectivity index (χ1n) is 4.06. The number of nitrogen functional groups attached to an aromatic ring is 1. The van der Waals surface area contributed by atoms with Crippen LogP contribution in [0.4, 0.5) is 11.4 Å². The molecule has 1 aromatic rings. The van der Waals surface area contributed by atoms with E-state index in [9.17, 15) is 0 Å². The van der Waals surface area contributed by atoms with E-state index in [1.54, 1.807) is 18.2 Å². The van der Waals surface area contributed by atoms with Crippen molar-refractivity contribution in [2.24, 2.45) is 0 Å². The quantitative estimate of drug-likeness (QED) is 0.474. The normalized spacial score (nSPS) is 9.75. The highest BCUT2D eigenvalue weighted by molar-refractivity contribution is 5.67. The van der Waals surface area contributed by atoms with Crippen molar-refractivity contribution >= 4 is 11.4 Å². The van der Waals surface area contributed by atoms with Crippen LogP contribution in [0.3, 0.4) is 0 Å². The number of rotatable bonds is 3. The maximum Gasteiger partial charge on any atom is 0.117 e. The molecule has 0 heterocycles. The summed E-state index contributed by atoms with van der Waals surface area (Å²) in [6.07, 6.45) is 1.04. The topological polar surface area (TPSA) is 58.3 Å². The number of aromatic hydroxyl groups is 1. The summed E-state index contributed by atoms with van der Waals surface area (Å²) in [6.45, 7) is 2.94. The number of nitrogens with one attached hydrogen (secondary N) is 1. The fourth-order valence-corrected chi connectivity index (χ4v) is 0.957. The maximum absolute atomic E-state index is 9.14. The molecule has 0 fully saturated rings. The molecule has 0 unspecified atom stereocenters. The zero-order valence-electron chi connectivity index (χ0n) is 7.17. The second-order valence-corrected chi connectivity index (χ2v) is 2.70. The van der Waals surface area contributed by atoms with Gasteiger partial charge in [-0.05, 0) is 18.6 Å². The van der Waals surface area contributed by atoms with Crippen LogP contribution in [0.1, 0.15) is 13.3 Å². The molecule has 12 heavy (non-hydrogen) atoms. The van der Waals surface area contributed by atoms with Gasteiger partial charge in [0.05, 0.1) is 11.4 Å². The van der Waals surface area contributed by atoms with Crippen molar-refractivity contribution in [3.05, 3.63) is 18.2 Å². The first kappa shape index (κ1) is 8.71. The lowest BCUT2D eigenvalue weighted by atomic mass is 10.2. The Labute approximate surface area is 72.2 Å². The van der Waals surface area contributed by atoms with Crippen LogP contribution in [0.15, 0.2) is 18.2 Å². The van der Waals surface area contributed by atoms with Crippen molar-refractivity contribution in [2.45, 2.75) is 13.3 Å². The van der Waals surface area contributed by atoms with Crippen molar-refractivity contribution in [1.29, 1.82) is 0 Å². The van der Waals surface area contributed by atoms with E-state index in [4.69, 9.17) is 10.8 Å². The Morgan fingerprint density at radius 3 is 2.92 bits per heavy atom. The summed E-state index contributed by atoms with van der Waals surface area (Å²) in [5, 5.41) is 12.3.